The molecule has 0 N–H and O–H groups in total. The first-order chi connectivity index (χ1) is 5.79. The van der Waals surface area contributed by atoms with Crippen LogP contribution in [0, 0.1) is 5.92 Å². The van der Waals surface area contributed by atoms with Crippen LogP contribution in [0.1, 0.15) is 20.3 Å². The third-order valence-corrected chi connectivity index (χ3v) is 3.20. The van der Waals surface area contributed by atoms with Gasteiger partial charge in [-0.25, -0.2) is 8.42 Å². The third kappa shape index (κ3) is 4.47. The van der Waals surface area contributed by atoms with E-state index in [4.69, 9.17) is 10.7 Å². The molecule has 0 bridgehead atoms. The van der Waals surface area contributed by atoms with Gasteiger partial charge in [0.2, 0.25) is 9.05 Å². The number of rotatable bonds is 4. The molecule has 0 aliphatic carbocycles. The normalized spacial score (nSPS) is 14.2. The van der Waals surface area contributed by atoms with Crippen molar-refractivity contribution in [3.63, 3.8) is 0 Å². The molecule has 0 spiro atoms. The molecule has 78 valence electrons. The number of ether oxygens (including phenoxy) is 1. The van der Waals surface area contributed by atoms with Crippen LogP contribution >= 0.6 is 10.7 Å². The topological polar surface area (TPSA) is 60.4 Å². The average molecular weight is 229 g/mol. The Morgan fingerprint density at radius 1 is 1.46 bits per heavy atom. The molecule has 6 heteroatoms. The minimum Gasteiger partial charge on any atom is -0.468 e. The molecule has 1 unspecified atom stereocenters. The molecule has 0 heterocycles. The lowest BCUT2D eigenvalue weighted by atomic mass is 10.1. The maximum atomic E-state index is 11.0. The largest absolute Gasteiger partial charge is 0.468 e. The van der Waals surface area contributed by atoms with Crippen LogP contribution in [-0.4, -0.2) is 26.7 Å². The highest BCUT2D eigenvalue weighted by atomic mass is 35.7. The lowest BCUT2D eigenvalue weighted by Gasteiger charge is -2.12. The predicted octanol–water partition coefficient (Wildman–Crippen LogP) is 1.14. The summed E-state index contributed by atoms with van der Waals surface area (Å²) in [6, 6.07) is 0. The van der Waals surface area contributed by atoms with Gasteiger partial charge < -0.3 is 4.74 Å². The number of halogens is 1. The molecule has 0 fully saturated rings. The molecule has 0 aliphatic heterocycles. The van der Waals surface area contributed by atoms with Crippen molar-refractivity contribution in [2.24, 2.45) is 5.92 Å². The van der Waals surface area contributed by atoms with Crippen molar-refractivity contribution >= 4 is 25.7 Å². The highest BCUT2D eigenvalue weighted by molar-refractivity contribution is 8.14. The van der Waals surface area contributed by atoms with Gasteiger partial charge in [0.05, 0.1) is 7.11 Å². The lowest BCUT2D eigenvalue weighted by molar-refractivity contribution is -0.140. The Morgan fingerprint density at radius 2 is 1.92 bits per heavy atom. The van der Waals surface area contributed by atoms with Gasteiger partial charge in [-0.15, -0.1) is 0 Å². The molecule has 0 aromatic carbocycles. The van der Waals surface area contributed by atoms with E-state index in [1.165, 1.54) is 0 Å². The minimum absolute atomic E-state index is 0.0672. The zero-order valence-electron chi connectivity index (χ0n) is 7.78. The van der Waals surface area contributed by atoms with Crippen molar-refractivity contribution in [1.29, 1.82) is 0 Å². The first-order valence-corrected chi connectivity index (χ1v) is 6.17. The first-order valence-electron chi connectivity index (χ1n) is 3.80. The summed E-state index contributed by atoms with van der Waals surface area (Å²) in [5, 5.41) is -1.25. The fourth-order valence-corrected chi connectivity index (χ4v) is 2.26. The van der Waals surface area contributed by atoms with Gasteiger partial charge in [0.1, 0.15) is 0 Å². The minimum atomic E-state index is -3.87. The van der Waals surface area contributed by atoms with Crippen LogP contribution in [0.2, 0.25) is 0 Å². The van der Waals surface area contributed by atoms with Crippen LogP contribution < -0.4 is 0 Å². The maximum absolute atomic E-state index is 11.0. The van der Waals surface area contributed by atoms with E-state index in [-0.39, 0.29) is 12.3 Å². The van der Waals surface area contributed by atoms with E-state index >= 15 is 0 Å². The van der Waals surface area contributed by atoms with Gasteiger partial charge in [0.15, 0.2) is 5.25 Å². The maximum Gasteiger partial charge on any atom is 0.325 e. The SMILES string of the molecule is COC(=O)C(CC(C)C)S(=O)(=O)Cl. The van der Waals surface area contributed by atoms with E-state index in [1.807, 2.05) is 0 Å². The number of hydrogen-bond acceptors (Lipinski definition) is 4. The Bertz CT molecular complexity index is 270. The second-order valence-corrected chi connectivity index (χ2v) is 5.93. The van der Waals surface area contributed by atoms with Gasteiger partial charge in [0, 0.05) is 10.7 Å². The fourth-order valence-electron chi connectivity index (χ4n) is 0.886. The Hall–Kier alpha value is -0.290. The van der Waals surface area contributed by atoms with E-state index in [1.54, 1.807) is 13.8 Å². The van der Waals surface area contributed by atoms with Crippen LogP contribution in [0.15, 0.2) is 0 Å². The smallest absolute Gasteiger partial charge is 0.325 e. The van der Waals surface area contributed by atoms with Crippen molar-refractivity contribution < 1.29 is 17.9 Å². The summed E-state index contributed by atoms with van der Waals surface area (Å²) >= 11 is 0. The summed E-state index contributed by atoms with van der Waals surface area (Å²) < 4.78 is 26.2. The first kappa shape index (κ1) is 12.7. The zero-order chi connectivity index (χ0) is 10.6. The summed E-state index contributed by atoms with van der Waals surface area (Å²) in [5.74, 6) is -0.735. The van der Waals surface area contributed by atoms with Crippen molar-refractivity contribution in [1.82, 2.24) is 0 Å². The van der Waals surface area contributed by atoms with Crippen molar-refractivity contribution in [3.05, 3.63) is 0 Å². The summed E-state index contributed by atoms with van der Waals surface area (Å²) in [7, 11) is 2.35. The van der Waals surface area contributed by atoms with E-state index in [0.29, 0.717) is 0 Å². The van der Waals surface area contributed by atoms with Crippen molar-refractivity contribution in [2.45, 2.75) is 25.5 Å². The summed E-state index contributed by atoms with van der Waals surface area (Å²) in [4.78, 5) is 11.0. The zero-order valence-corrected chi connectivity index (χ0v) is 9.35. The van der Waals surface area contributed by atoms with Crippen molar-refractivity contribution in [2.75, 3.05) is 7.11 Å². The third-order valence-electron chi connectivity index (χ3n) is 1.49. The molecule has 13 heavy (non-hydrogen) atoms. The molecule has 0 amide bonds. The summed E-state index contributed by atoms with van der Waals surface area (Å²) in [6.45, 7) is 3.61. The predicted molar refractivity (Wildman–Crippen MR) is 50.0 cm³/mol. The van der Waals surface area contributed by atoms with Gasteiger partial charge in [-0.3, -0.25) is 4.79 Å². The number of esters is 1. The average Bonchev–Trinajstić information content (AvgIpc) is 1.96. The second kappa shape index (κ2) is 4.81. The molecule has 0 saturated carbocycles. The molecule has 0 saturated heterocycles. The number of methoxy groups -OCH3 is 1. The Morgan fingerprint density at radius 3 is 2.15 bits per heavy atom. The summed E-state index contributed by atoms with van der Waals surface area (Å²) in [6.07, 6.45) is 0.179. The summed E-state index contributed by atoms with van der Waals surface area (Å²) in [5.41, 5.74) is 0. The Labute approximate surface area is 82.6 Å². The van der Waals surface area contributed by atoms with E-state index < -0.39 is 20.3 Å². The number of carbonyl (C=O) groups is 1. The molecule has 0 rings (SSSR count). The monoisotopic (exact) mass is 228 g/mol. The van der Waals surface area contributed by atoms with Gasteiger partial charge in [0.25, 0.3) is 0 Å². The van der Waals surface area contributed by atoms with Crippen molar-refractivity contribution in [3.8, 4) is 0 Å². The number of carbonyl (C=O) groups excluding carboxylic acids is 1. The molecule has 0 aliphatic rings. The van der Waals surface area contributed by atoms with Gasteiger partial charge in [-0.2, -0.15) is 0 Å². The van der Waals surface area contributed by atoms with Gasteiger partial charge in [-0.1, -0.05) is 13.8 Å². The Kier molecular flexibility index (Phi) is 4.70. The molecule has 0 aromatic heterocycles. The highest BCUT2D eigenvalue weighted by Crippen LogP contribution is 2.17. The standard InChI is InChI=1S/C7H13ClO4S/c1-5(2)4-6(7(9)12-3)13(8,10)11/h5-6H,4H2,1-3H3. The lowest BCUT2D eigenvalue weighted by Crippen LogP contribution is -2.29. The van der Waals surface area contributed by atoms with Crippen LogP contribution in [0.25, 0.3) is 0 Å². The van der Waals surface area contributed by atoms with E-state index in [9.17, 15) is 13.2 Å². The van der Waals surface area contributed by atoms with Crippen LogP contribution in [0.3, 0.4) is 0 Å². The van der Waals surface area contributed by atoms with E-state index in [0.717, 1.165) is 7.11 Å². The van der Waals surface area contributed by atoms with Gasteiger partial charge in [-0.05, 0) is 12.3 Å². The van der Waals surface area contributed by atoms with Gasteiger partial charge >= 0.3 is 5.97 Å². The highest BCUT2D eigenvalue weighted by Gasteiger charge is 2.32. The molecular weight excluding hydrogens is 216 g/mol. The van der Waals surface area contributed by atoms with E-state index in [2.05, 4.69) is 4.74 Å². The van der Waals surface area contributed by atoms with Crippen LogP contribution in [0.5, 0.6) is 0 Å². The molecule has 1 atom stereocenters. The molecular formula is C7H13ClO4S. The molecule has 0 aromatic rings. The van der Waals surface area contributed by atoms with Crippen LogP contribution in [0.4, 0.5) is 0 Å². The quantitative estimate of drug-likeness (QED) is 0.535. The second-order valence-electron chi connectivity index (χ2n) is 3.12. The number of hydrogen-bond donors (Lipinski definition) is 0. The van der Waals surface area contributed by atoms with Crippen LogP contribution in [-0.2, 0) is 18.6 Å². The fraction of sp³-hybridized carbons (Fsp3) is 0.857. The molecule has 4 nitrogen and oxygen atoms in total. The molecule has 0 radical (unpaired) electrons. The Balaban J connectivity index is 4.67.